The Bertz CT molecular complexity index is 258. The topological polar surface area (TPSA) is 52.5 Å². The number of benzene rings is 1. The first kappa shape index (κ1) is 10.9. The molecule has 0 bridgehead atoms. The number of phenols is 1. The van der Waals surface area contributed by atoms with Gasteiger partial charge in [-0.3, -0.25) is 0 Å². The van der Waals surface area contributed by atoms with Crippen LogP contribution in [0.2, 0.25) is 0 Å². The van der Waals surface area contributed by atoms with Crippen LogP contribution in [0.4, 0.5) is 5.69 Å². The Labute approximate surface area is 84.4 Å². The third-order valence-corrected chi connectivity index (χ3v) is 2.03. The molecule has 3 nitrogen and oxygen atoms in total. The van der Waals surface area contributed by atoms with Gasteiger partial charge in [0, 0.05) is 12.2 Å². The first-order valence-electron chi connectivity index (χ1n) is 4.93. The largest absolute Gasteiger partial charge is 0.508 e. The number of aliphatic hydroxyl groups is 1. The SMILES string of the molecule is CCCC(O)CNc1ccc(O)cc1. The van der Waals surface area contributed by atoms with Crippen LogP contribution in [-0.4, -0.2) is 22.9 Å². The number of hydrogen-bond acceptors (Lipinski definition) is 3. The molecule has 0 aliphatic carbocycles. The third-order valence-electron chi connectivity index (χ3n) is 2.03. The first-order chi connectivity index (χ1) is 6.72. The molecule has 1 aromatic rings. The second-order valence-corrected chi connectivity index (χ2v) is 3.37. The Balaban J connectivity index is 2.34. The predicted molar refractivity (Wildman–Crippen MR) is 57.5 cm³/mol. The molecule has 1 aromatic carbocycles. The van der Waals surface area contributed by atoms with Gasteiger partial charge in [-0.05, 0) is 30.7 Å². The predicted octanol–water partition coefficient (Wildman–Crippen LogP) is 1.97. The maximum atomic E-state index is 9.45. The van der Waals surface area contributed by atoms with Crippen molar-refractivity contribution in [1.29, 1.82) is 0 Å². The summed E-state index contributed by atoms with van der Waals surface area (Å²) < 4.78 is 0. The molecule has 0 aliphatic heterocycles. The molecule has 0 saturated carbocycles. The minimum Gasteiger partial charge on any atom is -0.508 e. The summed E-state index contributed by atoms with van der Waals surface area (Å²) in [5, 5.41) is 21.6. The number of phenolic OH excluding ortho intramolecular Hbond substituents is 1. The maximum Gasteiger partial charge on any atom is 0.115 e. The van der Waals surface area contributed by atoms with Gasteiger partial charge in [-0.1, -0.05) is 13.3 Å². The summed E-state index contributed by atoms with van der Waals surface area (Å²) in [5.41, 5.74) is 0.915. The zero-order chi connectivity index (χ0) is 10.4. The lowest BCUT2D eigenvalue weighted by atomic mass is 10.2. The van der Waals surface area contributed by atoms with Crippen LogP contribution >= 0.6 is 0 Å². The van der Waals surface area contributed by atoms with Crippen molar-refractivity contribution in [3.8, 4) is 5.75 Å². The van der Waals surface area contributed by atoms with Gasteiger partial charge in [0.2, 0.25) is 0 Å². The van der Waals surface area contributed by atoms with E-state index in [0.717, 1.165) is 18.5 Å². The second kappa shape index (κ2) is 5.50. The van der Waals surface area contributed by atoms with Gasteiger partial charge >= 0.3 is 0 Å². The van der Waals surface area contributed by atoms with Crippen LogP contribution in [0.25, 0.3) is 0 Å². The number of rotatable bonds is 5. The van der Waals surface area contributed by atoms with Gasteiger partial charge in [0.15, 0.2) is 0 Å². The molecule has 3 heteroatoms. The highest BCUT2D eigenvalue weighted by Crippen LogP contribution is 2.13. The molecule has 78 valence electrons. The fourth-order valence-electron chi connectivity index (χ4n) is 1.25. The highest BCUT2D eigenvalue weighted by molar-refractivity contribution is 5.45. The van der Waals surface area contributed by atoms with Crippen molar-refractivity contribution >= 4 is 5.69 Å². The third kappa shape index (κ3) is 3.66. The summed E-state index contributed by atoms with van der Waals surface area (Å²) in [5.74, 6) is 0.254. The van der Waals surface area contributed by atoms with Crippen molar-refractivity contribution in [2.45, 2.75) is 25.9 Å². The Morgan fingerprint density at radius 3 is 2.50 bits per heavy atom. The molecule has 0 radical (unpaired) electrons. The molecular formula is C11H17NO2. The molecule has 1 rings (SSSR count). The van der Waals surface area contributed by atoms with E-state index in [9.17, 15) is 5.11 Å². The minimum absolute atomic E-state index is 0.254. The Kier molecular flexibility index (Phi) is 4.26. The molecule has 0 saturated heterocycles. The van der Waals surface area contributed by atoms with Gasteiger partial charge < -0.3 is 15.5 Å². The highest BCUT2D eigenvalue weighted by Gasteiger charge is 2.01. The van der Waals surface area contributed by atoms with E-state index < -0.39 is 0 Å². The Morgan fingerprint density at radius 2 is 1.93 bits per heavy atom. The molecule has 14 heavy (non-hydrogen) atoms. The number of aromatic hydroxyl groups is 1. The number of anilines is 1. The molecule has 0 heterocycles. The van der Waals surface area contributed by atoms with Gasteiger partial charge in [0.05, 0.1) is 6.10 Å². The summed E-state index contributed by atoms with van der Waals surface area (Å²) in [6, 6.07) is 6.81. The number of hydrogen-bond donors (Lipinski definition) is 3. The van der Waals surface area contributed by atoms with Crippen molar-refractivity contribution in [3.63, 3.8) is 0 Å². The highest BCUT2D eigenvalue weighted by atomic mass is 16.3. The summed E-state index contributed by atoms with van der Waals surface area (Å²) in [7, 11) is 0. The monoisotopic (exact) mass is 195 g/mol. The van der Waals surface area contributed by atoms with Crippen molar-refractivity contribution in [2.75, 3.05) is 11.9 Å². The molecule has 0 aliphatic rings. The van der Waals surface area contributed by atoms with Crippen LogP contribution in [0, 0.1) is 0 Å². The van der Waals surface area contributed by atoms with E-state index in [0.29, 0.717) is 6.54 Å². The first-order valence-corrected chi connectivity index (χ1v) is 4.93. The lowest BCUT2D eigenvalue weighted by Gasteiger charge is -2.11. The van der Waals surface area contributed by atoms with E-state index in [1.54, 1.807) is 24.3 Å². The average Bonchev–Trinajstić information content (AvgIpc) is 2.17. The van der Waals surface area contributed by atoms with E-state index >= 15 is 0 Å². The Hall–Kier alpha value is -1.22. The van der Waals surface area contributed by atoms with Crippen molar-refractivity contribution in [2.24, 2.45) is 0 Å². The smallest absolute Gasteiger partial charge is 0.115 e. The lowest BCUT2D eigenvalue weighted by Crippen LogP contribution is -2.18. The number of aliphatic hydroxyl groups excluding tert-OH is 1. The zero-order valence-electron chi connectivity index (χ0n) is 8.40. The quantitative estimate of drug-likeness (QED) is 0.629. The number of nitrogens with one attached hydrogen (secondary N) is 1. The molecule has 0 fully saturated rings. The molecule has 0 amide bonds. The van der Waals surface area contributed by atoms with Crippen LogP contribution in [0.1, 0.15) is 19.8 Å². The van der Waals surface area contributed by atoms with Gasteiger partial charge in [0.25, 0.3) is 0 Å². The van der Waals surface area contributed by atoms with Gasteiger partial charge in [-0.25, -0.2) is 0 Å². The fourth-order valence-corrected chi connectivity index (χ4v) is 1.25. The van der Waals surface area contributed by atoms with Crippen LogP contribution in [0.15, 0.2) is 24.3 Å². The van der Waals surface area contributed by atoms with Crippen molar-refractivity contribution in [1.82, 2.24) is 0 Å². The summed E-state index contributed by atoms with van der Waals surface area (Å²) in [6.07, 6.45) is 1.50. The van der Waals surface area contributed by atoms with Crippen LogP contribution in [0.5, 0.6) is 5.75 Å². The minimum atomic E-state index is -0.297. The van der Waals surface area contributed by atoms with Crippen LogP contribution < -0.4 is 5.32 Å². The summed E-state index contributed by atoms with van der Waals surface area (Å²) >= 11 is 0. The molecule has 1 atom stereocenters. The second-order valence-electron chi connectivity index (χ2n) is 3.37. The van der Waals surface area contributed by atoms with E-state index in [2.05, 4.69) is 5.32 Å². The van der Waals surface area contributed by atoms with E-state index in [4.69, 9.17) is 5.11 Å². The zero-order valence-corrected chi connectivity index (χ0v) is 8.40. The lowest BCUT2D eigenvalue weighted by molar-refractivity contribution is 0.176. The summed E-state index contributed by atoms with van der Waals surface area (Å²) in [6.45, 7) is 2.60. The standard InChI is InChI=1S/C11H17NO2/c1-2-3-11(14)8-12-9-4-6-10(13)7-5-9/h4-7,11-14H,2-3,8H2,1H3. The molecule has 0 aromatic heterocycles. The molecule has 3 N–H and O–H groups in total. The fraction of sp³-hybridized carbons (Fsp3) is 0.455. The van der Waals surface area contributed by atoms with Crippen molar-refractivity contribution < 1.29 is 10.2 Å². The van der Waals surface area contributed by atoms with Crippen molar-refractivity contribution in [3.05, 3.63) is 24.3 Å². The van der Waals surface area contributed by atoms with Gasteiger partial charge in [-0.2, -0.15) is 0 Å². The normalized spacial score (nSPS) is 12.4. The van der Waals surface area contributed by atoms with Gasteiger partial charge in [0.1, 0.15) is 5.75 Å². The van der Waals surface area contributed by atoms with E-state index in [1.165, 1.54) is 0 Å². The van der Waals surface area contributed by atoms with Gasteiger partial charge in [-0.15, -0.1) is 0 Å². The van der Waals surface area contributed by atoms with E-state index in [-0.39, 0.29) is 11.9 Å². The Morgan fingerprint density at radius 1 is 1.29 bits per heavy atom. The van der Waals surface area contributed by atoms with E-state index in [1.807, 2.05) is 6.92 Å². The average molecular weight is 195 g/mol. The van der Waals surface area contributed by atoms with Crippen LogP contribution in [0.3, 0.4) is 0 Å². The molecule has 0 spiro atoms. The molecule has 1 unspecified atom stereocenters. The molecular weight excluding hydrogens is 178 g/mol. The van der Waals surface area contributed by atoms with Crippen LogP contribution in [-0.2, 0) is 0 Å². The maximum absolute atomic E-state index is 9.45. The summed E-state index contributed by atoms with van der Waals surface area (Å²) in [4.78, 5) is 0.